The molecule has 0 bridgehead atoms. The van der Waals surface area contributed by atoms with E-state index in [1.165, 1.54) is 11.2 Å². The first-order valence-corrected chi connectivity index (χ1v) is 7.37. The predicted octanol–water partition coefficient (Wildman–Crippen LogP) is -0.531. The zero-order chi connectivity index (χ0) is 16.1. The minimum atomic E-state index is -1.34. The number of furan rings is 1. The molecule has 0 radical (unpaired) electrons. The Bertz CT molecular complexity index is 471. The number of nitrogens with zero attached hydrogens (tertiary/aromatic N) is 1. The second-order valence-electron chi connectivity index (χ2n) is 4.86. The van der Waals surface area contributed by atoms with E-state index < -0.39 is 37.2 Å². The van der Waals surface area contributed by atoms with Gasteiger partial charge in [-0.05, 0) is 12.1 Å². The van der Waals surface area contributed by atoms with Crippen molar-refractivity contribution < 1.29 is 29.3 Å². The molecule has 1 fully saturated rings. The fourth-order valence-corrected chi connectivity index (χ4v) is 2.34. The first-order valence-electron chi connectivity index (χ1n) is 6.83. The summed E-state index contributed by atoms with van der Waals surface area (Å²) < 4.78 is 10.6. The summed E-state index contributed by atoms with van der Waals surface area (Å²) in [5, 5.41) is 31.6. The Labute approximate surface area is 132 Å². The second-order valence-corrected chi connectivity index (χ2v) is 5.23. The maximum absolute atomic E-state index is 12.2. The van der Waals surface area contributed by atoms with Gasteiger partial charge < -0.3 is 29.8 Å². The van der Waals surface area contributed by atoms with Crippen molar-refractivity contribution in [1.29, 1.82) is 0 Å². The summed E-state index contributed by atoms with van der Waals surface area (Å²) in [5.41, 5.74) is 0. The molecule has 1 saturated heterocycles. The van der Waals surface area contributed by atoms with Crippen LogP contribution >= 0.6 is 11.6 Å². The van der Waals surface area contributed by atoms with Gasteiger partial charge in [-0.1, -0.05) is 0 Å². The molecule has 1 aliphatic heterocycles. The number of rotatable bonds is 6. The first kappa shape index (κ1) is 17.0. The third-order valence-electron chi connectivity index (χ3n) is 3.36. The quantitative estimate of drug-likeness (QED) is 0.520. The average Bonchev–Trinajstić information content (AvgIpc) is 3.12. The van der Waals surface area contributed by atoms with Crippen LogP contribution in [0.5, 0.6) is 0 Å². The number of aliphatic hydroxyl groups is 3. The first-order chi connectivity index (χ1) is 10.6. The van der Waals surface area contributed by atoms with Crippen LogP contribution in [0, 0.1) is 0 Å². The third kappa shape index (κ3) is 3.71. The molecule has 2 rings (SSSR count). The van der Waals surface area contributed by atoms with Crippen LogP contribution in [-0.4, -0.2) is 69.8 Å². The van der Waals surface area contributed by atoms with Gasteiger partial charge in [-0.15, -0.1) is 11.6 Å². The zero-order valence-corrected chi connectivity index (χ0v) is 12.5. The number of carbonyl (C=O) groups is 1. The Balaban J connectivity index is 2.14. The van der Waals surface area contributed by atoms with Crippen LogP contribution in [0.15, 0.2) is 22.8 Å². The highest BCUT2D eigenvalue weighted by atomic mass is 35.5. The van der Waals surface area contributed by atoms with Crippen molar-refractivity contribution in [3.05, 3.63) is 24.2 Å². The Hall–Kier alpha value is -1.32. The van der Waals surface area contributed by atoms with Gasteiger partial charge in [0.15, 0.2) is 6.23 Å². The molecule has 4 N–H and O–H groups in total. The fourth-order valence-electron chi connectivity index (χ4n) is 2.24. The van der Waals surface area contributed by atoms with Crippen molar-refractivity contribution in [2.75, 3.05) is 19.0 Å². The van der Waals surface area contributed by atoms with Crippen LogP contribution < -0.4 is 5.32 Å². The van der Waals surface area contributed by atoms with E-state index in [2.05, 4.69) is 5.32 Å². The van der Waals surface area contributed by atoms with E-state index >= 15 is 0 Å². The summed E-state index contributed by atoms with van der Waals surface area (Å²) >= 11 is 5.54. The predicted molar refractivity (Wildman–Crippen MR) is 76.1 cm³/mol. The van der Waals surface area contributed by atoms with Crippen molar-refractivity contribution >= 4 is 17.6 Å². The minimum absolute atomic E-state index is 0.0354. The molecule has 22 heavy (non-hydrogen) atoms. The molecule has 4 atom stereocenters. The monoisotopic (exact) mass is 334 g/mol. The van der Waals surface area contributed by atoms with Crippen LogP contribution in [0.1, 0.15) is 5.76 Å². The molecule has 2 heterocycles. The molecule has 8 nitrogen and oxygen atoms in total. The molecule has 0 saturated carbocycles. The van der Waals surface area contributed by atoms with Crippen molar-refractivity contribution in [2.24, 2.45) is 0 Å². The number of alkyl halides is 1. The van der Waals surface area contributed by atoms with Crippen LogP contribution in [-0.2, 0) is 11.3 Å². The highest BCUT2D eigenvalue weighted by Crippen LogP contribution is 2.25. The molecule has 1 unspecified atom stereocenters. The van der Waals surface area contributed by atoms with E-state index in [9.17, 15) is 15.0 Å². The normalized spacial score (nSPS) is 27.8. The van der Waals surface area contributed by atoms with E-state index in [-0.39, 0.29) is 19.0 Å². The number of amides is 2. The van der Waals surface area contributed by atoms with Gasteiger partial charge >= 0.3 is 6.03 Å². The maximum atomic E-state index is 12.2. The second kappa shape index (κ2) is 7.80. The lowest BCUT2D eigenvalue weighted by atomic mass is 10.1. The van der Waals surface area contributed by atoms with Gasteiger partial charge in [-0.2, -0.15) is 0 Å². The molecule has 0 spiro atoms. The number of hydrogen-bond acceptors (Lipinski definition) is 6. The third-order valence-corrected chi connectivity index (χ3v) is 3.55. The number of halogens is 1. The molecule has 2 amide bonds. The van der Waals surface area contributed by atoms with Crippen LogP contribution in [0.3, 0.4) is 0 Å². The Morgan fingerprint density at radius 2 is 2.18 bits per heavy atom. The van der Waals surface area contributed by atoms with Gasteiger partial charge in [-0.25, -0.2) is 4.79 Å². The number of hydrogen-bond donors (Lipinski definition) is 4. The summed E-state index contributed by atoms with van der Waals surface area (Å²) in [6.45, 7) is -0.190. The SMILES string of the molecule is O=C(NCCCl)N(Cc1ccco1)C1O[C@H](CO)[C@@H](O)[C@H]1O. The van der Waals surface area contributed by atoms with Gasteiger partial charge in [0.25, 0.3) is 0 Å². The van der Waals surface area contributed by atoms with Crippen molar-refractivity contribution in [1.82, 2.24) is 10.2 Å². The van der Waals surface area contributed by atoms with E-state index in [0.717, 1.165) is 0 Å². The van der Waals surface area contributed by atoms with Gasteiger partial charge in [0.1, 0.15) is 24.1 Å². The zero-order valence-electron chi connectivity index (χ0n) is 11.8. The lowest BCUT2D eigenvalue weighted by molar-refractivity contribution is -0.0833. The smallest absolute Gasteiger partial charge is 0.319 e. The Morgan fingerprint density at radius 1 is 1.41 bits per heavy atom. The lowest BCUT2D eigenvalue weighted by Crippen LogP contribution is -2.51. The van der Waals surface area contributed by atoms with E-state index in [4.69, 9.17) is 25.9 Å². The standard InChI is InChI=1S/C13H19ClN2O6/c14-3-4-15-13(20)16(6-8-2-1-5-21-8)12-11(19)10(18)9(7-17)22-12/h1-2,5,9-12,17-19H,3-4,6-7H2,(H,15,20)/t9-,10-,11-,12?/m1/s1. The lowest BCUT2D eigenvalue weighted by Gasteiger charge is -2.29. The molecule has 9 heteroatoms. The summed E-state index contributed by atoms with van der Waals surface area (Å²) in [4.78, 5) is 13.4. The molecular formula is C13H19ClN2O6. The van der Waals surface area contributed by atoms with Crippen LogP contribution in [0.2, 0.25) is 0 Å². The van der Waals surface area contributed by atoms with Gasteiger partial charge in [0.2, 0.25) is 0 Å². The van der Waals surface area contributed by atoms with Gasteiger partial charge in [0, 0.05) is 12.4 Å². The van der Waals surface area contributed by atoms with Gasteiger partial charge in [0.05, 0.1) is 19.4 Å². The molecule has 124 valence electrons. The van der Waals surface area contributed by atoms with Crippen LogP contribution in [0.4, 0.5) is 4.79 Å². The van der Waals surface area contributed by atoms with E-state index in [0.29, 0.717) is 5.76 Å². The van der Waals surface area contributed by atoms with Gasteiger partial charge in [-0.3, -0.25) is 4.90 Å². The van der Waals surface area contributed by atoms with E-state index in [1.807, 2.05) is 0 Å². The highest BCUT2D eigenvalue weighted by molar-refractivity contribution is 6.18. The topological polar surface area (TPSA) is 115 Å². The van der Waals surface area contributed by atoms with E-state index in [1.54, 1.807) is 12.1 Å². The largest absolute Gasteiger partial charge is 0.467 e. The number of carbonyl (C=O) groups excluding carboxylic acids is 1. The maximum Gasteiger partial charge on any atom is 0.319 e. The summed E-state index contributed by atoms with van der Waals surface area (Å²) in [5.74, 6) is 0.717. The number of ether oxygens (including phenoxy) is 1. The van der Waals surface area contributed by atoms with Crippen molar-refractivity contribution in [3.63, 3.8) is 0 Å². The molecule has 1 aliphatic rings. The van der Waals surface area contributed by atoms with Crippen molar-refractivity contribution in [2.45, 2.75) is 31.1 Å². The molecule has 1 aromatic heterocycles. The highest BCUT2D eigenvalue weighted by Gasteiger charge is 2.46. The molecule has 1 aromatic rings. The fraction of sp³-hybridized carbons (Fsp3) is 0.615. The summed E-state index contributed by atoms with van der Waals surface area (Å²) in [7, 11) is 0. The summed E-state index contributed by atoms with van der Waals surface area (Å²) in [6.07, 6.45) is -3.22. The molecular weight excluding hydrogens is 316 g/mol. The molecule has 0 aromatic carbocycles. The summed E-state index contributed by atoms with van der Waals surface area (Å²) in [6, 6.07) is 2.82. The molecule has 0 aliphatic carbocycles. The number of urea groups is 1. The Kier molecular flexibility index (Phi) is 6.04. The number of aliphatic hydroxyl groups excluding tert-OH is 3. The number of nitrogens with one attached hydrogen (secondary N) is 1. The van der Waals surface area contributed by atoms with Crippen LogP contribution in [0.25, 0.3) is 0 Å². The van der Waals surface area contributed by atoms with Crippen molar-refractivity contribution in [3.8, 4) is 0 Å². The minimum Gasteiger partial charge on any atom is -0.467 e. The average molecular weight is 335 g/mol. The Morgan fingerprint density at radius 3 is 2.73 bits per heavy atom.